The largest absolute Gasteiger partial charge is 0.395 e. The molecule has 0 aromatic heterocycles. The van der Waals surface area contributed by atoms with E-state index in [1.807, 2.05) is 11.8 Å². The summed E-state index contributed by atoms with van der Waals surface area (Å²) in [7, 11) is 0. The van der Waals surface area contributed by atoms with Crippen molar-refractivity contribution in [1.82, 2.24) is 5.32 Å². The lowest BCUT2D eigenvalue weighted by molar-refractivity contribution is 0.239. The Labute approximate surface area is 108 Å². The predicted molar refractivity (Wildman–Crippen MR) is 73.6 cm³/mol. The first-order valence-corrected chi connectivity index (χ1v) is 7.33. The van der Waals surface area contributed by atoms with Crippen molar-refractivity contribution >= 4 is 11.8 Å². The highest BCUT2D eigenvalue weighted by Crippen LogP contribution is 2.22. The van der Waals surface area contributed by atoms with Crippen molar-refractivity contribution in [3.63, 3.8) is 0 Å². The van der Waals surface area contributed by atoms with E-state index in [-0.39, 0.29) is 12.6 Å². The zero-order chi connectivity index (χ0) is 12.1. The van der Waals surface area contributed by atoms with Crippen LogP contribution in [-0.2, 0) is 0 Å². The molecule has 3 heteroatoms. The summed E-state index contributed by atoms with van der Waals surface area (Å²) in [4.78, 5) is 1.32. The van der Waals surface area contributed by atoms with Gasteiger partial charge in [0.05, 0.1) is 6.61 Å². The number of aliphatic hydroxyl groups is 1. The fourth-order valence-electron chi connectivity index (χ4n) is 1.76. The third-order valence-corrected chi connectivity index (χ3v) is 4.07. The summed E-state index contributed by atoms with van der Waals surface area (Å²) in [5, 5.41) is 12.7. The van der Waals surface area contributed by atoms with Gasteiger partial charge in [0.15, 0.2) is 0 Å². The predicted octanol–water partition coefficient (Wildman–Crippen LogP) is 2.59. The number of aryl methyl sites for hydroxylation is 1. The highest BCUT2D eigenvalue weighted by Gasteiger charge is 2.23. The number of hydrogen-bond donors (Lipinski definition) is 2. The molecule has 0 heterocycles. The van der Waals surface area contributed by atoms with Crippen LogP contribution in [0.3, 0.4) is 0 Å². The lowest BCUT2D eigenvalue weighted by Crippen LogP contribution is -2.34. The lowest BCUT2D eigenvalue weighted by Gasteiger charge is -2.15. The summed E-state index contributed by atoms with van der Waals surface area (Å²) in [6, 6.07) is 9.59. The molecule has 2 N–H and O–H groups in total. The van der Waals surface area contributed by atoms with E-state index < -0.39 is 0 Å². The summed E-state index contributed by atoms with van der Waals surface area (Å²) < 4.78 is 0. The van der Waals surface area contributed by atoms with Gasteiger partial charge >= 0.3 is 0 Å². The second-order valence-electron chi connectivity index (χ2n) is 4.77. The Morgan fingerprint density at radius 2 is 2.06 bits per heavy atom. The van der Waals surface area contributed by atoms with Crippen molar-refractivity contribution in [2.75, 3.05) is 12.4 Å². The van der Waals surface area contributed by atoms with E-state index in [1.165, 1.54) is 23.3 Å². The first-order valence-electron chi connectivity index (χ1n) is 6.34. The maximum absolute atomic E-state index is 9.26. The molecular formula is C14H21NOS. The highest BCUT2D eigenvalue weighted by molar-refractivity contribution is 7.99. The Balaban J connectivity index is 1.68. The van der Waals surface area contributed by atoms with E-state index >= 15 is 0 Å². The van der Waals surface area contributed by atoms with Gasteiger partial charge in [-0.15, -0.1) is 11.8 Å². The van der Waals surface area contributed by atoms with E-state index in [0.717, 1.165) is 12.2 Å². The molecule has 1 aromatic rings. The molecule has 2 rings (SSSR count). The minimum Gasteiger partial charge on any atom is -0.395 e. The van der Waals surface area contributed by atoms with E-state index in [2.05, 4.69) is 36.5 Å². The molecule has 0 radical (unpaired) electrons. The van der Waals surface area contributed by atoms with Crippen molar-refractivity contribution in [3.05, 3.63) is 29.8 Å². The van der Waals surface area contributed by atoms with Gasteiger partial charge in [-0.3, -0.25) is 0 Å². The number of rotatable bonds is 7. The molecule has 94 valence electrons. The third-order valence-electron chi connectivity index (χ3n) is 3.03. The quantitative estimate of drug-likeness (QED) is 0.731. The Bertz CT molecular complexity index is 335. The second kappa shape index (κ2) is 6.43. The normalized spacial score (nSPS) is 17.1. The van der Waals surface area contributed by atoms with Gasteiger partial charge in [0.1, 0.15) is 0 Å². The zero-order valence-electron chi connectivity index (χ0n) is 10.4. The minimum atomic E-state index is 0.255. The first kappa shape index (κ1) is 12.9. The maximum atomic E-state index is 9.26. The Kier molecular flexibility index (Phi) is 4.89. The van der Waals surface area contributed by atoms with Crippen LogP contribution in [0.4, 0.5) is 0 Å². The van der Waals surface area contributed by atoms with Crippen molar-refractivity contribution in [3.8, 4) is 0 Å². The molecule has 0 amide bonds. The first-order chi connectivity index (χ1) is 8.28. The molecule has 1 unspecified atom stereocenters. The molecule has 17 heavy (non-hydrogen) atoms. The smallest absolute Gasteiger partial charge is 0.0585 e. The molecule has 1 atom stereocenters. The van der Waals surface area contributed by atoms with Crippen LogP contribution < -0.4 is 5.32 Å². The molecule has 0 saturated heterocycles. The number of thioether (sulfide) groups is 1. The van der Waals surface area contributed by atoms with Crippen molar-refractivity contribution in [2.45, 2.75) is 43.2 Å². The van der Waals surface area contributed by atoms with Crippen molar-refractivity contribution in [2.24, 2.45) is 0 Å². The van der Waals surface area contributed by atoms with Gasteiger partial charge in [-0.2, -0.15) is 0 Å². The van der Waals surface area contributed by atoms with Gasteiger partial charge in [-0.25, -0.2) is 0 Å². The summed E-state index contributed by atoms with van der Waals surface area (Å²) in [5.41, 5.74) is 1.30. The van der Waals surface area contributed by atoms with E-state index in [4.69, 9.17) is 0 Å². The highest BCUT2D eigenvalue weighted by atomic mass is 32.2. The van der Waals surface area contributed by atoms with Crippen LogP contribution in [0.15, 0.2) is 29.2 Å². The molecule has 1 aliphatic rings. The molecule has 0 spiro atoms. The maximum Gasteiger partial charge on any atom is 0.0585 e. The van der Waals surface area contributed by atoms with Gasteiger partial charge < -0.3 is 10.4 Å². The molecule has 0 aliphatic heterocycles. The SMILES string of the molecule is Cc1ccc(SCCC(CO)NC2CC2)cc1. The van der Waals surface area contributed by atoms with Crippen LogP contribution in [0.1, 0.15) is 24.8 Å². The fourth-order valence-corrected chi connectivity index (χ4v) is 2.73. The standard InChI is InChI=1S/C14H21NOS/c1-11-2-6-14(7-3-11)17-9-8-13(10-16)15-12-4-5-12/h2-3,6-7,12-13,15-16H,4-5,8-10H2,1H3. The fraction of sp³-hybridized carbons (Fsp3) is 0.571. The topological polar surface area (TPSA) is 32.3 Å². The summed E-state index contributed by atoms with van der Waals surface area (Å²) in [6.45, 7) is 2.36. The van der Waals surface area contributed by atoms with Crippen LogP contribution in [0.2, 0.25) is 0 Å². The molecule has 0 bridgehead atoms. The number of benzene rings is 1. The van der Waals surface area contributed by atoms with Crippen LogP contribution in [0.25, 0.3) is 0 Å². The van der Waals surface area contributed by atoms with Gasteiger partial charge in [0, 0.05) is 17.0 Å². The lowest BCUT2D eigenvalue weighted by atomic mass is 10.2. The van der Waals surface area contributed by atoms with Crippen LogP contribution in [0, 0.1) is 6.92 Å². The van der Waals surface area contributed by atoms with E-state index in [0.29, 0.717) is 6.04 Å². The zero-order valence-corrected chi connectivity index (χ0v) is 11.2. The Hall–Kier alpha value is -0.510. The average Bonchev–Trinajstić information content (AvgIpc) is 3.14. The molecule has 1 aliphatic carbocycles. The summed E-state index contributed by atoms with van der Waals surface area (Å²) in [5.74, 6) is 1.06. The van der Waals surface area contributed by atoms with Gasteiger partial charge in [-0.05, 0) is 44.1 Å². The van der Waals surface area contributed by atoms with Gasteiger partial charge in [0.25, 0.3) is 0 Å². The Morgan fingerprint density at radius 3 is 2.65 bits per heavy atom. The van der Waals surface area contributed by atoms with Crippen LogP contribution in [-0.4, -0.2) is 29.5 Å². The summed E-state index contributed by atoms with van der Waals surface area (Å²) in [6.07, 6.45) is 3.59. The number of nitrogens with one attached hydrogen (secondary N) is 1. The monoisotopic (exact) mass is 251 g/mol. The number of aliphatic hydroxyl groups excluding tert-OH is 1. The molecule has 1 saturated carbocycles. The van der Waals surface area contributed by atoms with Crippen LogP contribution in [0.5, 0.6) is 0 Å². The average molecular weight is 251 g/mol. The second-order valence-corrected chi connectivity index (χ2v) is 5.94. The van der Waals surface area contributed by atoms with Gasteiger partial charge in [0.2, 0.25) is 0 Å². The van der Waals surface area contributed by atoms with Crippen molar-refractivity contribution < 1.29 is 5.11 Å². The minimum absolute atomic E-state index is 0.255. The van der Waals surface area contributed by atoms with E-state index in [9.17, 15) is 5.11 Å². The van der Waals surface area contributed by atoms with Gasteiger partial charge in [-0.1, -0.05) is 17.7 Å². The van der Waals surface area contributed by atoms with Crippen LogP contribution >= 0.6 is 11.8 Å². The summed E-state index contributed by atoms with van der Waals surface area (Å²) >= 11 is 1.87. The molecule has 1 aromatic carbocycles. The Morgan fingerprint density at radius 1 is 1.35 bits per heavy atom. The molecular weight excluding hydrogens is 230 g/mol. The van der Waals surface area contributed by atoms with Crippen molar-refractivity contribution in [1.29, 1.82) is 0 Å². The molecule has 1 fully saturated rings. The molecule has 2 nitrogen and oxygen atoms in total. The third kappa shape index (κ3) is 4.70. The van der Waals surface area contributed by atoms with E-state index in [1.54, 1.807) is 0 Å². The number of hydrogen-bond acceptors (Lipinski definition) is 3.